The third-order valence-corrected chi connectivity index (χ3v) is 6.06. The lowest BCUT2D eigenvalue weighted by Crippen LogP contribution is -2.22. The number of carbonyl (C=O) groups excluding carboxylic acids is 1. The van der Waals surface area contributed by atoms with Crippen molar-refractivity contribution in [2.24, 2.45) is 0 Å². The van der Waals surface area contributed by atoms with Crippen LogP contribution in [0.1, 0.15) is 15.4 Å². The van der Waals surface area contributed by atoms with Crippen LogP contribution in [0.3, 0.4) is 0 Å². The lowest BCUT2D eigenvalue weighted by Gasteiger charge is -2.15. The molecule has 148 valence electrons. The summed E-state index contributed by atoms with van der Waals surface area (Å²) < 4.78 is 1.80. The lowest BCUT2D eigenvalue weighted by molar-refractivity contribution is -0.132. The highest BCUT2D eigenvalue weighted by Gasteiger charge is 2.20. The van der Waals surface area contributed by atoms with E-state index in [1.165, 1.54) is 41.2 Å². The molecule has 0 aliphatic rings. The summed E-state index contributed by atoms with van der Waals surface area (Å²) in [5.74, 6) is -1.47. The Balaban J connectivity index is 1.97. The van der Waals surface area contributed by atoms with Crippen LogP contribution in [0.25, 0.3) is 15.8 Å². The van der Waals surface area contributed by atoms with Crippen LogP contribution in [-0.2, 0) is 4.79 Å². The van der Waals surface area contributed by atoms with Gasteiger partial charge < -0.3 is 10.0 Å². The number of aliphatic carboxylic acids is 1. The molecule has 8 heteroatoms. The second-order valence-electron chi connectivity index (χ2n) is 6.02. The van der Waals surface area contributed by atoms with Gasteiger partial charge in [-0.25, -0.2) is 9.78 Å². The third-order valence-electron chi connectivity index (χ3n) is 4.03. The Bertz CT molecular complexity index is 1090. The van der Waals surface area contributed by atoms with Crippen LogP contribution in [0.5, 0.6) is 0 Å². The van der Waals surface area contributed by atoms with Crippen molar-refractivity contribution in [3.63, 3.8) is 0 Å². The van der Waals surface area contributed by atoms with Gasteiger partial charge in [-0.05, 0) is 41.5 Å². The molecule has 3 aromatic rings. The first kappa shape index (κ1) is 21.3. The van der Waals surface area contributed by atoms with Crippen molar-refractivity contribution in [3.8, 4) is 0 Å². The summed E-state index contributed by atoms with van der Waals surface area (Å²) in [7, 11) is 1.54. The van der Waals surface area contributed by atoms with Gasteiger partial charge >= 0.3 is 5.97 Å². The minimum atomic E-state index is -1.11. The number of amides is 1. The predicted octanol–water partition coefficient (Wildman–Crippen LogP) is 5.50. The van der Waals surface area contributed by atoms with Crippen molar-refractivity contribution >= 4 is 66.7 Å². The fraction of sp³-hybridized carbons (Fsp3) is 0.0952. The first-order chi connectivity index (χ1) is 13.9. The van der Waals surface area contributed by atoms with Crippen molar-refractivity contribution < 1.29 is 14.7 Å². The van der Waals surface area contributed by atoms with Gasteiger partial charge in [-0.1, -0.05) is 40.2 Å². The molecule has 0 unspecified atom stereocenters. The van der Waals surface area contributed by atoms with E-state index < -0.39 is 5.97 Å². The number of carboxylic acids is 1. The quantitative estimate of drug-likeness (QED) is 0.366. The molecule has 0 aliphatic heterocycles. The molecule has 29 heavy (non-hydrogen) atoms. The van der Waals surface area contributed by atoms with Crippen LogP contribution < -0.4 is 0 Å². The number of rotatable bonds is 6. The van der Waals surface area contributed by atoms with E-state index in [2.05, 4.69) is 20.9 Å². The Morgan fingerprint density at radius 3 is 2.48 bits per heavy atom. The zero-order valence-electron chi connectivity index (χ0n) is 15.6. The Hall–Kier alpha value is -2.42. The van der Waals surface area contributed by atoms with Crippen molar-refractivity contribution in [2.45, 2.75) is 0 Å². The molecule has 3 rings (SSSR count). The van der Waals surface area contributed by atoms with Gasteiger partial charge in [0.1, 0.15) is 0 Å². The van der Waals surface area contributed by atoms with Crippen molar-refractivity contribution in [1.82, 2.24) is 9.88 Å². The molecule has 0 fully saturated rings. The van der Waals surface area contributed by atoms with Crippen molar-refractivity contribution in [3.05, 3.63) is 80.8 Å². The second kappa shape index (κ2) is 9.39. The first-order valence-electron chi connectivity index (χ1n) is 8.48. The van der Waals surface area contributed by atoms with Crippen LogP contribution in [0.15, 0.2) is 70.2 Å². The number of carbonyl (C=O) groups is 2. The standard InChI is InChI=1S/C21H17BrN2O3S2/c1-24(20(25)19-23-17-5-3-4-6-18(17)29-19)11-15(21(26)27)16(12-28-2)13-7-9-14(22)10-8-13/h3-12H,1-2H3,(H,26,27)/b15-11-,16-12-. The minimum absolute atomic E-state index is 0.0265. The van der Waals surface area contributed by atoms with Crippen LogP contribution in [0.4, 0.5) is 0 Å². The van der Waals surface area contributed by atoms with E-state index in [1.54, 1.807) is 5.41 Å². The molecule has 0 saturated carbocycles. The summed E-state index contributed by atoms with van der Waals surface area (Å²) in [6.07, 6.45) is 3.20. The van der Waals surface area contributed by atoms with E-state index in [4.69, 9.17) is 0 Å². The zero-order valence-corrected chi connectivity index (χ0v) is 18.8. The molecule has 1 heterocycles. The number of hydrogen-bond donors (Lipinski definition) is 1. The molecule has 0 saturated heterocycles. The maximum Gasteiger partial charge on any atom is 0.337 e. The number of benzene rings is 2. The zero-order chi connectivity index (χ0) is 21.0. The Labute approximate surface area is 184 Å². The normalized spacial score (nSPS) is 12.2. The lowest BCUT2D eigenvalue weighted by atomic mass is 10.0. The first-order valence-corrected chi connectivity index (χ1v) is 11.4. The van der Waals surface area contributed by atoms with Crippen LogP contribution >= 0.6 is 39.0 Å². The van der Waals surface area contributed by atoms with Gasteiger partial charge in [0.05, 0.1) is 15.8 Å². The SMILES string of the molecule is CS/C=C(\C(=C\N(C)C(=O)c1nc2ccccc2s1)C(=O)O)c1ccc(Br)cc1. The average molecular weight is 489 g/mol. The molecular formula is C21H17BrN2O3S2. The summed E-state index contributed by atoms with van der Waals surface area (Å²) in [4.78, 5) is 30.5. The smallest absolute Gasteiger partial charge is 0.337 e. The van der Waals surface area contributed by atoms with Gasteiger partial charge in [0, 0.05) is 23.3 Å². The molecule has 5 nitrogen and oxygen atoms in total. The maximum atomic E-state index is 12.8. The predicted molar refractivity (Wildman–Crippen MR) is 123 cm³/mol. The molecule has 1 aromatic heterocycles. The number of carboxylic acid groups (broad SMARTS) is 1. The van der Waals surface area contributed by atoms with E-state index in [-0.39, 0.29) is 11.5 Å². The highest BCUT2D eigenvalue weighted by molar-refractivity contribution is 9.10. The van der Waals surface area contributed by atoms with Gasteiger partial charge in [0.25, 0.3) is 5.91 Å². The van der Waals surface area contributed by atoms with Gasteiger partial charge in [0.15, 0.2) is 5.01 Å². The summed E-state index contributed by atoms with van der Waals surface area (Å²) in [6, 6.07) is 14.8. The number of aromatic nitrogens is 1. The van der Waals surface area contributed by atoms with Crippen LogP contribution in [0, 0.1) is 0 Å². The van der Waals surface area contributed by atoms with E-state index in [0.29, 0.717) is 10.6 Å². The summed E-state index contributed by atoms with van der Waals surface area (Å²) in [5.41, 5.74) is 2.05. The van der Waals surface area contributed by atoms with Crippen LogP contribution in [-0.4, -0.2) is 40.2 Å². The number of fused-ring (bicyclic) bond motifs is 1. The molecule has 0 atom stereocenters. The number of hydrogen-bond acceptors (Lipinski definition) is 5. The van der Waals surface area contributed by atoms with Gasteiger partial charge in [0.2, 0.25) is 0 Å². The van der Waals surface area contributed by atoms with E-state index >= 15 is 0 Å². The number of nitrogens with zero attached hydrogens (tertiary/aromatic N) is 2. The van der Waals surface area contributed by atoms with Crippen molar-refractivity contribution in [2.75, 3.05) is 13.3 Å². The fourth-order valence-corrected chi connectivity index (χ4v) is 4.35. The number of thiazole rings is 1. The number of halogens is 1. The topological polar surface area (TPSA) is 70.5 Å². The Morgan fingerprint density at radius 2 is 1.86 bits per heavy atom. The molecule has 0 spiro atoms. The van der Waals surface area contributed by atoms with E-state index in [0.717, 1.165) is 20.3 Å². The van der Waals surface area contributed by atoms with E-state index in [1.807, 2.05) is 54.8 Å². The highest BCUT2D eigenvalue weighted by Crippen LogP contribution is 2.28. The molecule has 0 radical (unpaired) electrons. The largest absolute Gasteiger partial charge is 0.478 e. The van der Waals surface area contributed by atoms with Crippen molar-refractivity contribution in [1.29, 1.82) is 0 Å². The van der Waals surface area contributed by atoms with Gasteiger partial charge in [-0.15, -0.1) is 23.1 Å². The number of thioether (sulfide) groups is 1. The van der Waals surface area contributed by atoms with Gasteiger partial charge in [-0.2, -0.15) is 0 Å². The minimum Gasteiger partial charge on any atom is -0.478 e. The molecule has 0 aliphatic carbocycles. The number of para-hydroxylation sites is 1. The molecular weight excluding hydrogens is 472 g/mol. The van der Waals surface area contributed by atoms with E-state index in [9.17, 15) is 14.7 Å². The monoisotopic (exact) mass is 488 g/mol. The maximum absolute atomic E-state index is 12.8. The Morgan fingerprint density at radius 1 is 1.17 bits per heavy atom. The molecule has 0 bridgehead atoms. The second-order valence-corrected chi connectivity index (χ2v) is 8.68. The Kier molecular flexibility index (Phi) is 6.89. The third kappa shape index (κ3) is 4.95. The van der Waals surface area contributed by atoms with Crippen LogP contribution in [0.2, 0.25) is 0 Å². The average Bonchev–Trinajstić information content (AvgIpc) is 3.14. The summed E-state index contributed by atoms with van der Waals surface area (Å²) in [6.45, 7) is 0. The van der Waals surface area contributed by atoms with Gasteiger partial charge in [-0.3, -0.25) is 4.79 Å². The summed E-state index contributed by atoms with van der Waals surface area (Å²) in [5, 5.41) is 11.9. The highest BCUT2D eigenvalue weighted by atomic mass is 79.9. The fourth-order valence-electron chi connectivity index (χ4n) is 2.64. The molecule has 1 amide bonds. The molecule has 1 N–H and O–H groups in total. The summed E-state index contributed by atoms with van der Waals surface area (Å²) >= 11 is 6.07. The molecule has 2 aromatic carbocycles.